The SMILES string of the molecule is CCOC(=O)Nc1nc2ccc(-c3cc(Cc4n[nH]c(=O)c5ccccc45)ccc3Cl)cc2[nH]1. The minimum Gasteiger partial charge on any atom is -0.450 e. The first kappa shape index (κ1) is 21.7. The molecule has 0 aliphatic carbocycles. The van der Waals surface area contributed by atoms with Crippen LogP contribution < -0.4 is 10.9 Å². The molecule has 2 heterocycles. The van der Waals surface area contributed by atoms with Gasteiger partial charge in [0.2, 0.25) is 5.95 Å². The topological polar surface area (TPSA) is 113 Å². The van der Waals surface area contributed by atoms with E-state index in [1.54, 1.807) is 13.0 Å². The number of hydrogen-bond acceptors (Lipinski definition) is 5. The Morgan fingerprint density at radius 1 is 1.09 bits per heavy atom. The minimum atomic E-state index is -0.569. The Hall–Kier alpha value is -4.17. The molecule has 2 aromatic heterocycles. The van der Waals surface area contributed by atoms with Crippen molar-refractivity contribution in [2.75, 3.05) is 11.9 Å². The molecular weight excluding hydrogens is 454 g/mol. The van der Waals surface area contributed by atoms with Gasteiger partial charge in [0.15, 0.2) is 0 Å². The monoisotopic (exact) mass is 473 g/mol. The fourth-order valence-electron chi connectivity index (χ4n) is 3.90. The summed E-state index contributed by atoms with van der Waals surface area (Å²) in [5.74, 6) is 0.307. The van der Waals surface area contributed by atoms with Crippen LogP contribution in [-0.4, -0.2) is 32.9 Å². The number of ether oxygens (including phenoxy) is 1. The Morgan fingerprint density at radius 2 is 1.91 bits per heavy atom. The first-order chi connectivity index (χ1) is 16.5. The molecule has 8 nitrogen and oxygen atoms in total. The highest BCUT2D eigenvalue weighted by atomic mass is 35.5. The molecule has 0 saturated carbocycles. The molecule has 0 fully saturated rings. The van der Waals surface area contributed by atoms with Crippen LogP contribution in [0.4, 0.5) is 10.7 Å². The van der Waals surface area contributed by atoms with E-state index in [9.17, 15) is 9.59 Å². The summed E-state index contributed by atoms with van der Waals surface area (Å²) in [6.45, 7) is 2.01. The number of hydrogen-bond donors (Lipinski definition) is 3. The van der Waals surface area contributed by atoms with E-state index < -0.39 is 6.09 Å². The molecule has 0 saturated heterocycles. The van der Waals surface area contributed by atoms with E-state index in [-0.39, 0.29) is 12.2 Å². The number of nitrogens with zero attached hydrogens (tertiary/aromatic N) is 2. The lowest BCUT2D eigenvalue weighted by molar-refractivity contribution is 0.167. The second-order valence-electron chi connectivity index (χ2n) is 7.70. The van der Waals surface area contributed by atoms with Gasteiger partial charge in [0.05, 0.1) is 28.7 Å². The average Bonchev–Trinajstić information content (AvgIpc) is 3.23. The predicted molar refractivity (Wildman–Crippen MR) is 132 cm³/mol. The first-order valence-electron chi connectivity index (χ1n) is 10.7. The summed E-state index contributed by atoms with van der Waals surface area (Å²) in [5.41, 5.74) is 4.77. The van der Waals surface area contributed by atoms with Gasteiger partial charge in [0, 0.05) is 22.4 Å². The summed E-state index contributed by atoms with van der Waals surface area (Å²) in [7, 11) is 0. The number of carbonyl (C=O) groups is 1. The van der Waals surface area contributed by atoms with Crippen LogP contribution in [0, 0.1) is 0 Å². The third-order valence-electron chi connectivity index (χ3n) is 5.47. The maximum absolute atomic E-state index is 12.1. The van der Waals surface area contributed by atoms with Crippen molar-refractivity contribution >= 4 is 45.4 Å². The number of benzene rings is 3. The Morgan fingerprint density at radius 3 is 2.74 bits per heavy atom. The number of aromatic amines is 2. The van der Waals surface area contributed by atoms with Gasteiger partial charge in [0.25, 0.3) is 5.56 Å². The lowest BCUT2D eigenvalue weighted by atomic mass is 9.99. The van der Waals surface area contributed by atoms with E-state index in [0.717, 1.165) is 33.3 Å². The number of rotatable bonds is 5. The molecule has 1 amide bonds. The van der Waals surface area contributed by atoms with Gasteiger partial charge in [-0.2, -0.15) is 5.10 Å². The fourth-order valence-corrected chi connectivity index (χ4v) is 4.13. The molecular formula is C25H20ClN5O3. The highest BCUT2D eigenvalue weighted by molar-refractivity contribution is 6.33. The standard InChI is InChI=1S/C25H20ClN5O3/c1-2-34-25(33)29-24-27-20-10-8-15(13-22(20)28-24)18-11-14(7-9-19(18)26)12-21-16-5-3-4-6-17(16)23(32)31-30-21/h3-11,13H,2,12H2,1H3,(H,31,32)(H2,27,28,29,33). The molecule has 0 spiro atoms. The van der Waals surface area contributed by atoms with Crippen molar-refractivity contribution in [2.24, 2.45) is 0 Å². The molecule has 0 unspecified atom stereocenters. The molecule has 3 N–H and O–H groups in total. The zero-order valence-electron chi connectivity index (χ0n) is 18.2. The van der Waals surface area contributed by atoms with Gasteiger partial charge < -0.3 is 9.72 Å². The number of anilines is 1. The second kappa shape index (κ2) is 8.99. The van der Waals surface area contributed by atoms with Crippen LogP contribution in [0.5, 0.6) is 0 Å². The van der Waals surface area contributed by atoms with E-state index in [0.29, 0.717) is 28.3 Å². The molecule has 0 aliphatic rings. The van der Waals surface area contributed by atoms with E-state index >= 15 is 0 Å². The van der Waals surface area contributed by atoms with Crippen molar-refractivity contribution in [3.63, 3.8) is 0 Å². The summed E-state index contributed by atoms with van der Waals surface area (Å²) in [6, 6.07) is 18.9. The van der Waals surface area contributed by atoms with Crippen LogP contribution in [0.15, 0.2) is 65.5 Å². The fraction of sp³-hybridized carbons (Fsp3) is 0.120. The smallest absolute Gasteiger partial charge is 0.413 e. The van der Waals surface area contributed by atoms with Gasteiger partial charge in [-0.3, -0.25) is 10.1 Å². The van der Waals surface area contributed by atoms with Crippen LogP contribution in [0.25, 0.3) is 32.9 Å². The largest absolute Gasteiger partial charge is 0.450 e. The summed E-state index contributed by atoms with van der Waals surface area (Å²) >= 11 is 6.55. The van der Waals surface area contributed by atoms with Crippen LogP contribution in [0.1, 0.15) is 18.2 Å². The number of imidazole rings is 1. The third kappa shape index (κ3) is 4.23. The van der Waals surface area contributed by atoms with Gasteiger partial charge in [-0.1, -0.05) is 41.9 Å². The van der Waals surface area contributed by atoms with Crippen LogP contribution in [0.2, 0.25) is 5.02 Å². The molecule has 5 aromatic rings. The first-order valence-corrected chi connectivity index (χ1v) is 11.1. The van der Waals surface area contributed by atoms with E-state index in [1.165, 1.54) is 0 Å². The summed E-state index contributed by atoms with van der Waals surface area (Å²) < 4.78 is 4.89. The number of fused-ring (bicyclic) bond motifs is 2. The number of halogens is 1. The highest BCUT2D eigenvalue weighted by Crippen LogP contribution is 2.32. The van der Waals surface area contributed by atoms with E-state index in [4.69, 9.17) is 16.3 Å². The minimum absolute atomic E-state index is 0.208. The zero-order valence-corrected chi connectivity index (χ0v) is 18.9. The quantitative estimate of drug-likeness (QED) is 0.321. The predicted octanol–water partition coefficient (Wildman–Crippen LogP) is 5.28. The molecule has 34 heavy (non-hydrogen) atoms. The number of carbonyl (C=O) groups excluding carboxylic acids is 1. The lowest BCUT2D eigenvalue weighted by Gasteiger charge is -2.09. The van der Waals surface area contributed by atoms with Gasteiger partial charge >= 0.3 is 6.09 Å². The van der Waals surface area contributed by atoms with Gasteiger partial charge in [-0.25, -0.2) is 14.9 Å². The number of nitrogens with one attached hydrogen (secondary N) is 3. The zero-order chi connectivity index (χ0) is 23.7. The lowest BCUT2D eigenvalue weighted by Crippen LogP contribution is -2.14. The van der Waals surface area contributed by atoms with E-state index in [1.807, 2.05) is 54.6 Å². The summed E-state index contributed by atoms with van der Waals surface area (Å²) in [6.07, 6.45) is -0.0395. The van der Waals surface area contributed by atoms with Crippen LogP contribution in [-0.2, 0) is 11.2 Å². The maximum Gasteiger partial charge on any atom is 0.413 e. The van der Waals surface area contributed by atoms with Crippen LogP contribution >= 0.6 is 11.6 Å². The highest BCUT2D eigenvalue weighted by Gasteiger charge is 2.12. The van der Waals surface area contributed by atoms with Crippen molar-refractivity contribution in [2.45, 2.75) is 13.3 Å². The normalized spacial score (nSPS) is 11.1. The van der Waals surface area contributed by atoms with Crippen molar-refractivity contribution in [1.82, 2.24) is 20.2 Å². The van der Waals surface area contributed by atoms with Gasteiger partial charge in [-0.05, 0) is 48.4 Å². The molecule has 3 aromatic carbocycles. The number of aromatic nitrogens is 4. The average molecular weight is 474 g/mol. The Labute approximate surface area is 198 Å². The molecule has 0 radical (unpaired) electrons. The maximum atomic E-state index is 12.1. The van der Waals surface area contributed by atoms with Crippen LogP contribution in [0.3, 0.4) is 0 Å². The Bertz CT molecular complexity index is 1590. The van der Waals surface area contributed by atoms with Crippen molar-refractivity contribution in [1.29, 1.82) is 0 Å². The number of H-pyrrole nitrogens is 2. The van der Waals surface area contributed by atoms with Gasteiger partial charge in [0.1, 0.15) is 0 Å². The Balaban J connectivity index is 1.48. The Kier molecular flexibility index (Phi) is 5.73. The molecule has 9 heteroatoms. The molecule has 0 atom stereocenters. The molecule has 170 valence electrons. The molecule has 0 bridgehead atoms. The second-order valence-corrected chi connectivity index (χ2v) is 8.11. The molecule has 0 aliphatic heterocycles. The van der Waals surface area contributed by atoms with Crippen molar-refractivity contribution < 1.29 is 9.53 Å². The van der Waals surface area contributed by atoms with Gasteiger partial charge in [-0.15, -0.1) is 0 Å². The molecule has 5 rings (SSSR count). The summed E-state index contributed by atoms with van der Waals surface area (Å²) in [4.78, 5) is 31.2. The summed E-state index contributed by atoms with van der Waals surface area (Å²) in [5, 5.41) is 11.5. The van der Waals surface area contributed by atoms with Crippen molar-refractivity contribution in [3.8, 4) is 11.1 Å². The third-order valence-corrected chi connectivity index (χ3v) is 5.80. The number of amides is 1. The van der Waals surface area contributed by atoms with E-state index in [2.05, 4.69) is 25.5 Å². The van der Waals surface area contributed by atoms with Crippen molar-refractivity contribution in [3.05, 3.63) is 87.3 Å².